The Kier molecular flexibility index (Phi) is 6.14. The van der Waals surface area contributed by atoms with Crippen LogP contribution < -0.4 is 5.32 Å². The Balaban J connectivity index is 1.54. The molecule has 1 aliphatic carbocycles. The molecule has 0 unspecified atom stereocenters. The number of anilines is 1. The molecule has 3 aliphatic rings. The van der Waals surface area contributed by atoms with Crippen LogP contribution in [0.3, 0.4) is 0 Å². The van der Waals surface area contributed by atoms with E-state index in [2.05, 4.69) is 31.9 Å². The minimum atomic E-state index is -0.192. The Hall–Kier alpha value is -2.45. The summed E-state index contributed by atoms with van der Waals surface area (Å²) < 4.78 is 7.31. The van der Waals surface area contributed by atoms with Crippen LogP contribution in [0.2, 0.25) is 0 Å². The zero-order valence-corrected chi connectivity index (χ0v) is 19.8. The molecule has 178 valence electrons. The van der Waals surface area contributed by atoms with Gasteiger partial charge in [-0.3, -0.25) is 4.79 Å². The maximum atomic E-state index is 12.2. The molecule has 2 fully saturated rings. The molecule has 2 N–H and O–H groups in total. The Labute approximate surface area is 195 Å². The van der Waals surface area contributed by atoms with Crippen LogP contribution in [-0.4, -0.2) is 68.5 Å². The smallest absolute Gasteiger partial charge is 0.241 e. The first-order valence-electron chi connectivity index (χ1n) is 12.3. The predicted molar refractivity (Wildman–Crippen MR) is 127 cm³/mol. The Bertz CT molecular complexity index is 1060. The molecule has 2 aliphatic heterocycles. The zero-order chi connectivity index (χ0) is 23.1. The van der Waals surface area contributed by atoms with Crippen LogP contribution in [0.4, 0.5) is 5.95 Å². The van der Waals surface area contributed by atoms with E-state index in [-0.39, 0.29) is 30.1 Å². The van der Waals surface area contributed by atoms with Crippen molar-refractivity contribution in [1.29, 1.82) is 0 Å². The number of nitrogens with one attached hydrogen (secondary N) is 1. The third-order valence-corrected chi connectivity index (χ3v) is 7.56. The summed E-state index contributed by atoms with van der Waals surface area (Å²) in [6.07, 6.45) is 10.6. The van der Waals surface area contributed by atoms with Crippen LogP contribution in [0.15, 0.2) is 18.3 Å². The van der Waals surface area contributed by atoms with E-state index in [0.717, 1.165) is 50.5 Å². The molecule has 0 spiro atoms. The minimum Gasteiger partial charge on any atom is -0.393 e. The molecule has 4 heterocycles. The Morgan fingerprint density at radius 3 is 2.76 bits per heavy atom. The fourth-order valence-corrected chi connectivity index (χ4v) is 6.03. The fraction of sp³-hybridized carbons (Fsp3) is 0.640. The van der Waals surface area contributed by atoms with Gasteiger partial charge in [-0.25, -0.2) is 9.50 Å². The lowest BCUT2D eigenvalue weighted by Gasteiger charge is -2.33. The van der Waals surface area contributed by atoms with Gasteiger partial charge in [0.25, 0.3) is 0 Å². The Morgan fingerprint density at radius 2 is 2.06 bits per heavy atom. The monoisotopic (exact) mass is 453 g/mol. The number of fused-ring (bicyclic) bond motifs is 3. The van der Waals surface area contributed by atoms with Crippen molar-refractivity contribution in [3.05, 3.63) is 29.6 Å². The van der Waals surface area contributed by atoms with E-state index >= 15 is 0 Å². The van der Waals surface area contributed by atoms with Crippen molar-refractivity contribution in [2.75, 3.05) is 19.0 Å². The molecule has 5 rings (SSSR count). The molecule has 1 amide bonds. The second-order valence-electron chi connectivity index (χ2n) is 9.99. The van der Waals surface area contributed by atoms with Gasteiger partial charge in [-0.2, -0.15) is 0 Å². The lowest BCUT2D eigenvalue weighted by atomic mass is 9.85. The highest BCUT2D eigenvalue weighted by atomic mass is 16.5. The molecule has 2 aromatic rings. The summed E-state index contributed by atoms with van der Waals surface area (Å²) in [7, 11) is 1.69. The third kappa shape index (κ3) is 4.26. The van der Waals surface area contributed by atoms with Gasteiger partial charge in [0, 0.05) is 43.3 Å². The van der Waals surface area contributed by atoms with Gasteiger partial charge in [0.15, 0.2) is 0 Å². The summed E-state index contributed by atoms with van der Waals surface area (Å²) in [5.41, 5.74) is 4.70. The van der Waals surface area contributed by atoms with Crippen molar-refractivity contribution >= 4 is 22.9 Å². The molecular weight excluding hydrogens is 418 g/mol. The normalized spacial score (nSPS) is 28.1. The molecule has 8 heteroatoms. The number of nitrogens with zero attached hydrogens (tertiary/aromatic N) is 4. The highest BCUT2D eigenvalue weighted by Crippen LogP contribution is 2.42. The summed E-state index contributed by atoms with van der Waals surface area (Å²) in [5, 5.41) is 18.3. The second-order valence-corrected chi connectivity index (χ2v) is 9.99. The van der Waals surface area contributed by atoms with Crippen molar-refractivity contribution in [3.8, 4) is 0 Å². The van der Waals surface area contributed by atoms with Crippen molar-refractivity contribution in [3.63, 3.8) is 0 Å². The topological polar surface area (TPSA) is 92.0 Å². The van der Waals surface area contributed by atoms with E-state index in [1.807, 2.05) is 13.1 Å². The van der Waals surface area contributed by atoms with Crippen LogP contribution in [0.25, 0.3) is 11.1 Å². The van der Waals surface area contributed by atoms with Crippen LogP contribution in [0.5, 0.6) is 0 Å². The first-order valence-corrected chi connectivity index (χ1v) is 12.3. The predicted octanol–water partition coefficient (Wildman–Crippen LogP) is 3.36. The van der Waals surface area contributed by atoms with Gasteiger partial charge in [0.2, 0.25) is 11.9 Å². The number of aromatic nitrogens is 3. The van der Waals surface area contributed by atoms with Gasteiger partial charge >= 0.3 is 0 Å². The Morgan fingerprint density at radius 1 is 1.27 bits per heavy atom. The largest absolute Gasteiger partial charge is 0.393 e. The average Bonchev–Trinajstić information content (AvgIpc) is 3.29. The molecule has 2 aromatic heterocycles. The molecule has 33 heavy (non-hydrogen) atoms. The van der Waals surface area contributed by atoms with Crippen molar-refractivity contribution in [2.24, 2.45) is 0 Å². The first kappa shape index (κ1) is 22.3. The maximum Gasteiger partial charge on any atom is 0.241 e. The van der Waals surface area contributed by atoms with E-state index in [1.54, 1.807) is 14.0 Å². The highest BCUT2D eigenvalue weighted by molar-refractivity contribution is 5.83. The van der Waals surface area contributed by atoms with Gasteiger partial charge < -0.3 is 20.1 Å². The molecule has 3 atom stereocenters. The number of amides is 1. The SMILES string of the molecule is COC[C@H](C)Nc1ncc2c(C3=C[C@H]4CC[C@@H](C3)N4C(C)=O)cc([C@H]3CC[C@H](O)CC3)n2n1. The van der Waals surface area contributed by atoms with Crippen molar-refractivity contribution < 1.29 is 14.6 Å². The number of carbonyl (C=O) groups excluding carboxylic acids is 1. The van der Waals surface area contributed by atoms with Crippen molar-refractivity contribution in [2.45, 2.75) is 88.9 Å². The second kappa shape index (κ2) is 9.06. The number of carbonyl (C=O) groups is 1. The van der Waals surface area contributed by atoms with E-state index in [1.165, 1.54) is 16.8 Å². The number of hydrogen-bond acceptors (Lipinski definition) is 6. The lowest BCUT2D eigenvalue weighted by molar-refractivity contribution is -0.131. The van der Waals surface area contributed by atoms with E-state index in [9.17, 15) is 9.90 Å². The van der Waals surface area contributed by atoms with E-state index in [4.69, 9.17) is 9.84 Å². The maximum absolute atomic E-state index is 12.2. The molecule has 0 aromatic carbocycles. The molecule has 8 nitrogen and oxygen atoms in total. The third-order valence-electron chi connectivity index (χ3n) is 7.56. The summed E-state index contributed by atoms with van der Waals surface area (Å²) in [6.45, 7) is 4.31. The van der Waals surface area contributed by atoms with Crippen LogP contribution in [-0.2, 0) is 9.53 Å². The number of methoxy groups -OCH3 is 1. The lowest BCUT2D eigenvalue weighted by Crippen LogP contribution is -2.41. The molecule has 0 radical (unpaired) electrons. The summed E-state index contributed by atoms with van der Waals surface area (Å²) >= 11 is 0. The number of rotatable bonds is 6. The summed E-state index contributed by atoms with van der Waals surface area (Å²) in [4.78, 5) is 18.8. The van der Waals surface area contributed by atoms with Gasteiger partial charge in [-0.1, -0.05) is 6.08 Å². The average molecular weight is 454 g/mol. The van der Waals surface area contributed by atoms with Gasteiger partial charge in [-0.15, -0.1) is 5.10 Å². The van der Waals surface area contributed by atoms with Crippen LogP contribution >= 0.6 is 0 Å². The minimum absolute atomic E-state index is 0.102. The van der Waals surface area contributed by atoms with Crippen LogP contribution in [0, 0.1) is 0 Å². The first-order chi connectivity index (χ1) is 15.9. The number of aliphatic hydroxyl groups is 1. The number of aliphatic hydroxyl groups excluding tert-OH is 1. The molecule has 1 saturated heterocycles. The number of hydrogen-bond donors (Lipinski definition) is 2. The fourth-order valence-electron chi connectivity index (χ4n) is 6.03. The van der Waals surface area contributed by atoms with Crippen LogP contribution in [0.1, 0.15) is 76.0 Å². The molecule has 2 bridgehead atoms. The van der Waals surface area contributed by atoms with E-state index < -0.39 is 0 Å². The molecule has 1 saturated carbocycles. The molecular formula is C25H35N5O3. The summed E-state index contributed by atoms with van der Waals surface area (Å²) in [6, 6.07) is 2.87. The zero-order valence-electron chi connectivity index (χ0n) is 19.8. The van der Waals surface area contributed by atoms with Crippen molar-refractivity contribution in [1.82, 2.24) is 19.5 Å². The van der Waals surface area contributed by atoms with Gasteiger partial charge in [-0.05, 0) is 63.5 Å². The summed E-state index contributed by atoms with van der Waals surface area (Å²) in [5.74, 6) is 1.13. The standard InChI is InChI=1S/C25H35N5O3/c1-15(14-33-3)27-25-26-13-24-22(18-10-19-6-7-20(11-18)29(19)16(2)31)12-23(30(24)28-25)17-4-8-21(32)9-5-17/h10,12-13,15,17,19-21,32H,4-9,11,14H2,1-3H3,(H,27,28)/t15-,17-,19+,20-,21-/m0/s1. The van der Waals surface area contributed by atoms with Gasteiger partial charge in [0.05, 0.1) is 30.5 Å². The van der Waals surface area contributed by atoms with Gasteiger partial charge in [0.1, 0.15) is 0 Å². The number of ether oxygens (including phenoxy) is 1. The quantitative estimate of drug-likeness (QED) is 0.697. The highest BCUT2D eigenvalue weighted by Gasteiger charge is 2.39. The van der Waals surface area contributed by atoms with E-state index in [0.29, 0.717) is 18.5 Å².